The van der Waals surface area contributed by atoms with Crippen LogP contribution in [0.15, 0.2) is 18.2 Å². The zero-order chi connectivity index (χ0) is 14.2. The first-order chi connectivity index (χ1) is 8.90. The van der Waals surface area contributed by atoms with Crippen molar-refractivity contribution in [3.8, 4) is 0 Å². The number of aryl methyl sites for hydroxylation is 2. The summed E-state index contributed by atoms with van der Waals surface area (Å²) < 4.78 is 1.87. The largest absolute Gasteiger partial charge is 0.324 e. The van der Waals surface area contributed by atoms with Gasteiger partial charge >= 0.3 is 0 Å². The van der Waals surface area contributed by atoms with Crippen LogP contribution < -0.4 is 5.73 Å². The van der Waals surface area contributed by atoms with Crippen molar-refractivity contribution in [3.63, 3.8) is 0 Å². The maximum atomic E-state index is 6.26. The van der Waals surface area contributed by atoms with Crippen molar-refractivity contribution in [2.24, 2.45) is 12.8 Å². The standard InChI is InChI=1S/C14H17Cl2N3/c1-8-11(9(2)19(3)18-8)7-14(17)12-6-10(15)4-5-13(12)16/h4-6,14H,7,17H2,1-3H3. The molecule has 0 aliphatic heterocycles. The van der Waals surface area contributed by atoms with E-state index in [-0.39, 0.29) is 6.04 Å². The maximum absolute atomic E-state index is 6.26. The number of halogens is 2. The molecule has 0 spiro atoms. The van der Waals surface area contributed by atoms with Gasteiger partial charge in [0.15, 0.2) is 0 Å². The molecule has 1 aromatic carbocycles. The van der Waals surface area contributed by atoms with E-state index in [2.05, 4.69) is 5.10 Å². The number of nitrogens with zero attached hydrogens (tertiary/aromatic N) is 2. The summed E-state index contributed by atoms with van der Waals surface area (Å²) in [5, 5.41) is 5.70. The second-order valence-electron chi connectivity index (χ2n) is 4.75. The minimum atomic E-state index is -0.187. The molecule has 1 heterocycles. The quantitative estimate of drug-likeness (QED) is 0.941. The van der Waals surface area contributed by atoms with Crippen molar-refractivity contribution in [2.75, 3.05) is 0 Å². The maximum Gasteiger partial charge on any atom is 0.0629 e. The van der Waals surface area contributed by atoms with Crippen LogP contribution in [0.1, 0.15) is 28.6 Å². The number of hydrogen-bond acceptors (Lipinski definition) is 2. The number of benzene rings is 1. The average Bonchev–Trinajstić information content (AvgIpc) is 2.59. The van der Waals surface area contributed by atoms with E-state index in [1.165, 1.54) is 5.56 Å². The minimum Gasteiger partial charge on any atom is -0.324 e. The summed E-state index contributed by atoms with van der Waals surface area (Å²) in [6.45, 7) is 4.04. The van der Waals surface area contributed by atoms with E-state index < -0.39 is 0 Å². The van der Waals surface area contributed by atoms with E-state index in [1.807, 2.05) is 31.6 Å². The molecule has 102 valence electrons. The number of rotatable bonds is 3. The zero-order valence-electron chi connectivity index (χ0n) is 11.2. The molecule has 2 aromatic rings. The summed E-state index contributed by atoms with van der Waals surface area (Å²) >= 11 is 12.2. The molecule has 1 aromatic heterocycles. The Morgan fingerprint density at radius 3 is 2.58 bits per heavy atom. The van der Waals surface area contributed by atoms with Gasteiger partial charge in [-0.25, -0.2) is 0 Å². The van der Waals surface area contributed by atoms with Crippen molar-refractivity contribution >= 4 is 23.2 Å². The molecule has 0 aliphatic carbocycles. The van der Waals surface area contributed by atoms with Gasteiger partial charge in [-0.15, -0.1) is 0 Å². The molecular weight excluding hydrogens is 281 g/mol. The van der Waals surface area contributed by atoms with Crippen molar-refractivity contribution in [1.82, 2.24) is 9.78 Å². The van der Waals surface area contributed by atoms with Gasteiger partial charge in [-0.2, -0.15) is 5.10 Å². The average molecular weight is 298 g/mol. The van der Waals surface area contributed by atoms with Gasteiger partial charge in [0.05, 0.1) is 5.69 Å². The lowest BCUT2D eigenvalue weighted by Gasteiger charge is -2.14. The van der Waals surface area contributed by atoms with Crippen LogP contribution in [0.5, 0.6) is 0 Å². The Morgan fingerprint density at radius 2 is 2.00 bits per heavy atom. The summed E-state index contributed by atoms with van der Waals surface area (Å²) in [4.78, 5) is 0. The van der Waals surface area contributed by atoms with Gasteiger partial charge in [0, 0.05) is 28.8 Å². The number of nitrogens with two attached hydrogens (primary N) is 1. The molecule has 0 saturated carbocycles. The van der Waals surface area contributed by atoms with Gasteiger partial charge in [0.1, 0.15) is 0 Å². The molecule has 1 unspecified atom stereocenters. The normalized spacial score (nSPS) is 12.7. The van der Waals surface area contributed by atoms with Crippen LogP contribution in [0, 0.1) is 13.8 Å². The van der Waals surface area contributed by atoms with E-state index in [4.69, 9.17) is 28.9 Å². The smallest absolute Gasteiger partial charge is 0.0629 e. The molecule has 0 fully saturated rings. The van der Waals surface area contributed by atoms with Crippen LogP contribution in [-0.2, 0) is 13.5 Å². The molecule has 1 atom stereocenters. The van der Waals surface area contributed by atoms with Crippen LogP contribution in [0.3, 0.4) is 0 Å². The highest BCUT2D eigenvalue weighted by atomic mass is 35.5. The van der Waals surface area contributed by atoms with Crippen LogP contribution in [0.4, 0.5) is 0 Å². The zero-order valence-corrected chi connectivity index (χ0v) is 12.8. The first-order valence-electron chi connectivity index (χ1n) is 6.09. The van der Waals surface area contributed by atoms with Crippen molar-refractivity contribution < 1.29 is 0 Å². The third kappa shape index (κ3) is 2.94. The van der Waals surface area contributed by atoms with E-state index in [9.17, 15) is 0 Å². The highest BCUT2D eigenvalue weighted by Crippen LogP contribution is 2.28. The lowest BCUT2D eigenvalue weighted by Crippen LogP contribution is -2.15. The van der Waals surface area contributed by atoms with Gasteiger partial charge in [-0.1, -0.05) is 23.2 Å². The monoisotopic (exact) mass is 297 g/mol. The third-order valence-electron chi connectivity index (χ3n) is 3.44. The molecule has 0 radical (unpaired) electrons. The fourth-order valence-electron chi connectivity index (χ4n) is 2.24. The van der Waals surface area contributed by atoms with Gasteiger partial charge in [-0.3, -0.25) is 4.68 Å². The lowest BCUT2D eigenvalue weighted by molar-refractivity contribution is 0.707. The molecule has 5 heteroatoms. The van der Waals surface area contributed by atoms with E-state index in [0.717, 1.165) is 17.0 Å². The first kappa shape index (κ1) is 14.4. The molecule has 2 N–H and O–H groups in total. The molecule has 3 nitrogen and oxygen atoms in total. The van der Waals surface area contributed by atoms with E-state index in [1.54, 1.807) is 12.1 Å². The molecule has 0 aliphatic rings. The summed E-state index contributed by atoms with van der Waals surface area (Å²) in [5.41, 5.74) is 10.4. The predicted molar refractivity (Wildman–Crippen MR) is 79.8 cm³/mol. The van der Waals surface area contributed by atoms with Crippen LogP contribution in [0.2, 0.25) is 10.0 Å². The topological polar surface area (TPSA) is 43.8 Å². The predicted octanol–water partition coefficient (Wildman–Crippen LogP) is 3.59. The molecule has 0 amide bonds. The van der Waals surface area contributed by atoms with Crippen molar-refractivity contribution in [3.05, 3.63) is 50.8 Å². The molecule has 19 heavy (non-hydrogen) atoms. The van der Waals surface area contributed by atoms with E-state index >= 15 is 0 Å². The molecule has 2 rings (SSSR count). The van der Waals surface area contributed by atoms with Crippen molar-refractivity contribution in [2.45, 2.75) is 26.3 Å². The van der Waals surface area contributed by atoms with Crippen molar-refractivity contribution in [1.29, 1.82) is 0 Å². The summed E-state index contributed by atoms with van der Waals surface area (Å²) in [5.74, 6) is 0. The summed E-state index contributed by atoms with van der Waals surface area (Å²) in [7, 11) is 1.93. The molecule has 0 bridgehead atoms. The Bertz CT molecular complexity index is 605. The van der Waals surface area contributed by atoms with Gasteiger partial charge < -0.3 is 5.73 Å². The molecular formula is C14H17Cl2N3. The van der Waals surface area contributed by atoms with Gasteiger partial charge in [-0.05, 0) is 49.6 Å². The third-order valence-corrected chi connectivity index (χ3v) is 4.02. The second-order valence-corrected chi connectivity index (χ2v) is 5.59. The highest BCUT2D eigenvalue weighted by molar-refractivity contribution is 6.33. The van der Waals surface area contributed by atoms with Crippen LogP contribution >= 0.6 is 23.2 Å². The highest BCUT2D eigenvalue weighted by Gasteiger charge is 2.16. The fourth-order valence-corrected chi connectivity index (χ4v) is 2.68. The second kappa shape index (κ2) is 5.53. The van der Waals surface area contributed by atoms with E-state index in [0.29, 0.717) is 16.5 Å². The van der Waals surface area contributed by atoms with Crippen LogP contribution in [0.25, 0.3) is 0 Å². The first-order valence-corrected chi connectivity index (χ1v) is 6.85. The number of hydrogen-bond donors (Lipinski definition) is 1. The Morgan fingerprint density at radius 1 is 1.32 bits per heavy atom. The SMILES string of the molecule is Cc1nn(C)c(C)c1CC(N)c1cc(Cl)ccc1Cl. The fraction of sp³-hybridized carbons (Fsp3) is 0.357. The lowest BCUT2D eigenvalue weighted by atomic mass is 9.98. The van der Waals surface area contributed by atoms with Gasteiger partial charge in [0.25, 0.3) is 0 Å². The Balaban J connectivity index is 2.30. The van der Waals surface area contributed by atoms with Gasteiger partial charge in [0.2, 0.25) is 0 Å². The minimum absolute atomic E-state index is 0.187. The Kier molecular flexibility index (Phi) is 4.19. The molecule has 0 saturated heterocycles. The Hall–Kier alpha value is -1.03. The summed E-state index contributed by atoms with van der Waals surface area (Å²) in [6.07, 6.45) is 0.700. The van der Waals surface area contributed by atoms with Crippen LogP contribution in [-0.4, -0.2) is 9.78 Å². The number of aromatic nitrogens is 2. The Labute approximate surface area is 123 Å². The summed E-state index contributed by atoms with van der Waals surface area (Å²) in [6, 6.07) is 5.19.